The van der Waals surface area contributed by atoms with Gasteiger partial charge in [-0.1, -0.05) is 23.7 Å². The standard InChI is InChI=1S/C21H19ClF3N5O2S/c1-33-5-4-26-9-12-3-2-11(6-14(12)22)13-10-27-20(29-19(13)31)30-21(32)28-18-8-16(24)15(23)7-17(18)25/h2-3,6-8,10,26H,4-5,9H2,1H3,(H3,27,28,29,30,31,32). The van der Waals surface area contributed by atoms with Gasteiger partial charge in [-0.15, -0.1) is 0 Å². The fraction of sp³-hybridized carbons (Fsp3) is 0.190. The molecule has 1 heterocycles. The molecule has 0 aliphatic heterocycles. The molecule has 0 atom stereocenters. The number of carbonyl (C=O) groups excluding carboxylic acids is 1. The fourth-order valence-corrected chi connectivity index (χ4v) is 3.40. The Hall–Kier alpha value is -3.02. The van der Waals surface area contributed by atoms with Crippen molar-refractivity contribution >= 4 is 41.0 Å². The van der Waals surface area contributed by atoms with Gasteiger partial charge < -0.3 is 15.6 Å². The molecule has 174 valence electrons. The lowest BCUT2D eigenvalue weighted by molar-refractivity contribution is 0.262. The van der Waals surface area contributed by atoms with E-state index >= 15 is 0 Å². The van der Waals surface area contributed by atoms with Crippen molar-refractivity contribution in [2.24, 2.45) is 0 Å². The van der Waals surface area contributed by atoms with Crippen molar-refractivity contribution in [3.8, 4) is 11.1 Å². The minimum atomic E-state index is -1.39. The molecule has 2 aromatic carbocycles. The average molecular weight is 498 g/mol. The first-order valence-corrected chi connectivity index (χ1v) is 11.4. The van der Waals surface area contributed by atoms with E-state index in [0.29, 0.717) is 29.3 Å². The largest absolute Gasteiger partial charge is 0.331 e. The van der Waals surface area contributed by atoms with Gasteiger partial charge in [-0.2, -0.15) is 16.7 Å². The van der Waals surface area contributed by atoms with E-state index in [0.717, 1.165) is 17.9 Å². The number of anilines is 2. The number of carbonyl (C=O) groups is 1. The van der Waals surface area contributed by atoms with Gasteiger partial charge in [0.1, 0.15) is 5.82 Å². The van der Waals surface area contributed by atoms with Crippen molar-refractivity contribution < 1.29 is 18.0 Å². The molecule has 7 nitrogen and oxygen atoms in total. The quantitative estimate of drug-likeness (QED) is 0.269. The van der Waals surface area contributed by atoms with Crippen LogP contribution in [0.1, 0.15) is 5.56 Å². The summed E-state index contributed by atoms with van der Waals surface area (Å²) >= 11 is 8.06. The third kappa shape index (κ3) is 6.50. The van der Waals surface area contributed by atoms with E-state index in [1.165, 1.54) is 6.20 Å². The van der Waals surface area contributed by atoms with E-state index in [9.17, 15) is 22.8 Å². The first-order chi connectivity index (χ1) is 15.8. The number of benzene rings is 2. The predicted molar refractivity (Wildman–Crippen MR) is 124 cm³/mol. The number of aromatic nitrogens is 2. The molecule has 0 saturated carbocycles. The third-order valence-electron chi connectivity index (χ3n) is 4.45. The molecule has 0 bridgehead atoms. The van der Waals surface area contributed by atoms with Crippen molar-refractivity contribution in [2.45, 2.75) is 6.54 Å². The van der Waals surface area contributed by atoms with Crippen LogP contribution in [-0.4, -0.2) is 34.6 Å². The number of halogens is 4. The molecular weight excluding hydrogens is 479 g/mol. The molecule has 3 aromatic rings. The minimum absolute atomic E-state index is 0.219. The van der Waals surface area contributed by atoms with Gasteiger partial charge in [-0.05, 0) is 23.4 Å². The Balaban J connectivity index is 1.68. The number of H-pyrrole nitrogens is 1. The Kier molecular flexibility index (Phi) is 8.37. The summed E-state index contributed by atoms with van der Waals surface area (Å²) in [6, 6.07) is 4.96. The number of nitrogens with one attached hydrogen (secondary N) is 4. The van der Waals surface area contributed by atoms with Gasteiger partial charge in [0.15, 0.2) is 11.6 Å². The average Bonchev–Trinajstić information content (AvgIpc) is 2.76. The monoisotopic (exact) mass is 497 g/mol. The topological polar surface area (TPSA) is 98.9 Å². The molecule has 0 fully saturated rings. The van der Waals surface area contributed by atoms with Gasteiger partial charge in [0, 0.05) is 42.2 Å². The van der Waals surface area contributed by atoms with E-state index in [-0.39, 0.29) is 11.5 Å². The molecule has 0 saturated heterocycles. The van der Waals surface area contributed by atoms with E-state index in [1.807, 2.05) is 11.6 Å². The van der Waals surface area contributed by atoms with Crippen LogP contribution >= 0.6 is 23.4 Å². The molecule has 0 spiro atoms. The summed E-state index contributed by atoms with van der Waals surface area (Å²) in [5.41, 5.74) is 0.399. The Morgan fingerprint density at radius 2 is 1.88 bits per heavy atom. The van der Waals surface area contributed by atoms with Crippen LogP contribution in [-0.2, 0) is 6.54 Å². The predicted octanol–water partition coefficient (Wildman–Crippen LogP) is 4.60. The van der Waals surface area contributed by atoms with Gasteiger partial charge in [0.25, 0.3) is 5.56 Å². The van der Waals surface area contributed by atoms with Gasteiger partial charge >= 0.3 is 6.03 Å². The Morgan fingerprint density at radius 1 is 1.12 bits per heavy atom. The van der Waals surface area contributed by atoms with E-state index in [1.54, 1.807) is 30.0 Å². The summed E-state index contributed by atoms with van der Waals surface area (Å²) in [7, 11) is 0. The SMILES string of the molecule is CSCCNCc1ccc(-c2c[nH]c(NC(=O)Nc3cc(F)c(F)cc3F)nc2=O)cc1Cl. The van der Waals surface area contributed by atoms with Crippen LogP contribution in [0.3, 0.4) is 0 Å². The molecule has 0 aliphatic rings. The fourth-order valence-electron chi connectivity index (χ4n) is 2.80. The Morgan fingerprint density at radius 3 is 2.58 bits per heavy atom. The van der Waals surface area contributed by atoms with E-state index < -0.39 is 34.7 Å². The maximum absolute atomic E-state index is 13.7. The van der Waals surface area contributed by atoms with Crippen LogP contribution in [0.2, 0.25) is 5.02 Å². The van der Waals surface area contributed by atoms with Gasteiger partial charge in [0.2, 0.25) is 5.95 Å². The highest BCUT2D eigenvalue weighted by atomic mass is 35.5. The second-order valence-electron chi connectivity index (χ2n) is 6.77. The zero-order valence-corrected chi connectivity index (χ0v) is 18.8. The summed E-state index contributed by atoms with van der Waals surface area (Å²) in [6.45, 7) is 1.43. The van der Waals surface area contributed by atoms with Crippen LogP contribution in [0.4, 0.5) is 29.6 Å². The number of amides is 2. The second kappa shape index (κ2) is 11.2. The molecular formula is C21H19ClF3N5O2S. The summed E-state index contributed by atoms with van der Waals surface area (Å²) in [5, 5.41) is 7.96. The number of nitrogens with zero attached hydrogens (tertiary/aromatic N) is 1. The van der Waals surface area contributed by atoms with Crippen LogP contribution in [0.5, 0.6) is 0 Å². The van der Waals surface area contributed by atoms with Crippen molar-refractivity contribution in [3.05, 3.63) is 74.9 Å². The van der Waals surface area contributed by atoms with Crippen molar-refractivity contribution in [1.29, 1.82) is 0 Å². The molecule has 12 heteroatoms. The molecule has 0 unspecified atom stereocenters. The number of hydrogen-bond acceptors (Lipinski definition) is 5. The molecule has 1 aromatic heterocycles. The lowest BCUT2D eigenvalue weighted by Gasteiger charge is -2.10. The normalized spacial score (nSPS) is 10.8. The van der Waals surface area contributed by atoms with Gasteiger partial charge in [0.05, 0.1) is 11.3 Å². The molecule has 2 amide bonds. The Labute approximate surface area is 196 Å². The van der Waals surface area contributed by atoms with Gasteiger partial charge in [-0.25, -0.2) is 18.0 Å². The highest BCUT2D eigenvalue weighted by Gasteiger charge is 2.14. The smallest absolute Gasteiger partial charge is 0.326 e. The first-order valence-electron chi connectivity index (χ1n) is 9.59. The number of hydrogen-bond donors (Lipinski definition) is 4. The zero-order chi connectivity index (χ0) is 24.0. The summed E-state index contributed by atoms with van der Waals surface area (Å²) in [6.07, 6.45) is 3.36. The molecule has 0 aliphatic carbocycles. The first kappa shape index (κ1) is 24.6. The van der Waals surface area contributed by atoms with Crippen molar-refractivity contribution in [3.63, 3.8) is 0 Å². The van der Waals surface area contributed by atoms with Crippen LogP contribution in [0.25, 0.3) is 11.1 Å². The highest BCUT2D eigenvalue weighted by molar-refractivity contribution is 7.98. The number of rotatable bonds is 8. The molecule has 4 N–H and O–H groups in total. The number of thioether (sulfide) groups is 1. The van der Waals surface area contributed by atoms with Crippen molar-refractivity contribution in [1.82, 2.24) is 15.3 Å². The Bertz CT molecular complexity index is 1220. The maximum atomic E-state index is 13.7. The van der Waals surface area contributed by atoms with Crippen LogP contribution in [0.15, 0.2) is 41.3 Å². The molecule has 33 heavy (non-hydrogen) atoms. The van der Waals surface area contributed by atoms with Crippen LogP contribution < -0.4 is 21.5 Å². The summed E-state index contributed by atoms with van der Waals surface area (Å²) < 4.78 is 39.9. The summed E-state index contributed by atoms with van der Waals surface area (Å²) in [5.74, 6) is -3.14. The van der Waals surface area contributed by atoms with E-state index in [4.69, 9.17) is 11.6 Å². The molecule has 3 rings (SSSR count). The van der Waals surface area contributed by atoms with Gasteiger partial charge in [-0.3, -0.25) is 10.1 Å². The lowest BCUT2D eigenvalue weighted by atomic mass is 10.1. The number of aromatic amines is 1. The zero-order valence-electron chi connectivity index (χ0n) is 17.3. The summed E-state index contributed by atoms with van der Waals surface area (Å²) in [4.78, 5) is 30.8. The molecule has 0 radical (unpaired) electrons. The minimum Gasteiger partial charge on any atom is -0.331 e. The lowest BCUT2D eigenvalue weighted by Crippen LogP contribution is -2.24. The van der Waals surface area contributed by atoms with Crippen LogP contribution in [0, 0.1) is 17.5 Å². The second-order valence-corrected chi connectivity index (χ2v) is 8.16. The third-order valence-corrected chi connectivity index (χ3v) is 5.41. The number of urea groups is 1. The van der Waals surface area contributed by atoms with Crippen molar-refractivity contribution in [2.75, 3.05) is 29.2 Å². The van der Waals surface area contributed by atoms with E-state index in [2.05, 4.69) is 20.6 Å². The highest BCUT2D eigenvalue weighted by Crippen LogP contribution is 2.24. The maximum Gasteiger partial charge on any atom is 0.326 e.